The summed E-state index contributed by atoms with van der Waals surface area (Å²) in [5.41, 5.74) is 0.885. The second-order valence-electron chi connectivity index (χ2n) is 7.15. The molecule has 0 unspecified atom stereocenters. The highest BCUT2D eigenvalue weighted by atomic mass is 16.5. The van der Waals surface area contributed by atoms with Crippen LogP contribution in [0.15, 0.2) is 10.6 Å². The summed E-state index contributed by atoms with van der Waals surface area (Å²) in [7, 11) is 0. The molecule has 0 spiro atoms. The van der Waals surface area contributed by atoms with Crippen molar-refractivity contribution in [3.8, 4) is 0 Å². The van der Waals surface area contributed by atoms with E-state index in [4.69, 9.17) is 4.52 Å². The summed E-state index contributed by atoms with van der Waals surface area (Å²) in [6, 6.07) is 1.44. The van der Waals surface area contributed by atoms with Gasteiger partial charge < -0.3 is 19.7 Å². The third kappa shape index (κ3) is 3.83. The minimum absolute atomic E-state index is 0.180. The van der Waals surface area contributed by atoms with Crippen molar-refractivity contribution in [1.29, 1.82) is 0 Å². The van der Waals surface area contributed by atoms with Gasteiger partial charge in [-0.25, -0.2) is 4.79 Å². The van der Waals surface area contributed by atoms with Crippen LogP contribution < -0.4 is 10.6 Å². The first kappa shape index (κ1) is 17.4. The number of carbonyl (C=O) groups excluding carboxylic acids is 1. The molecule has 1 aliphatic rings. The molecule has 25 heavy (non-hydrogen) atoms. The third-order valence-corrected chi connectivity index (χ3v) is 4.46. The second-order valence-corrected chi connectivity index (χ2v) is 7.15. The molecule has 0 radical (unpaired) electrons. The standard InChI is InChI=1S/C17H26N6O2/c1-10(2)13-8-12(25-22-13)9-18-17(24)19-15(11(3)4)16-21-20-14-6-5-7-23(14)16/h8,10-11,15H,5-7,9H2,1-4H3,(H2,18,19,24)/t15-/m1/s1. The highest BCUT2D eigenvalue weighted by molar-refractivity contribution is 5.74. The first-order valence-electron chi connectivity index (χ1n) is 8.87. The highest BCUT2D eigenvalue weighted by Crippen LogP contribution is 2.24. The van der Waals surface area contributed by atoms with Crippen molar-refractivity contribution >= 4 is 6.03 Å². The first-order valence-corrected chi connectivity index (χ1v) is 8.87. The lowest BCUT2D eigenvalue weighted by Crippen LogP contribution is -2.40. The Balaban J connectivity index is 1.61. The largest absolute Gasteiger partial charge is 0.359 e. The van der Waals surface area contributed by atoms with Crippen LogP contribution in [0.4, 0.5) is 4.79 Å². The quantitative estimate of drug-likeness (QED) is 0.837. The number of hydrogen-bond acceptors (Lipinski definition) is 5. The number of amides is 2. The van der Waals surface area contributed by atoms with E-state index in [2.05, 4.69) is 44.4 Å². The predicted molar refractivity (Wildman–Crippen MR) is 91.9 cm³/mol. The smallest absolute Gasteiger partial charge is 0.315 e. The Morgan fingerprint density at radius 2 is 2.12 bits per heavy atom. The number of hydrogen-bond donors (Lipinski definition) is 2. The number of rotatable bonds is 6. The molecule has 2 N–H and O–H groups in total. The van der Waals surface area contributed by atoms with E-state index in [0.717, 1.165) is 36.7 Å². The number of aromatic nitrogens is 4. The maximum absolute atomic E-state index is 12.3. The summed E-state index contributed by atoms with van der Waals surface area (Å²) < 4.78 is 7.36. The first-order chi connectivity index (χ1) is 12.0. The maximum atomic E-state index is 12.3. The summed E-state index contributed by atoms with van der Waals surface area (Å²) in [6.45, 7) is 9.44. The van der Waals surface area contributed by atoms with E-state index in [0.29, 0.717) is 18.2 Å². The zero-order valence-electron chi connectivity index (χ0n) is 15.2. The lowest BCUT2D eigenvalue weighted by Gasteiger charge is -2.22. The van der Waals surface area contributed by atoms with Gasteiger partial charge in [0.1, 0.15) is 5.82 Å². The summed E-state index contributed by atoms with van der Waals surface area (Å²) in [6.07, 6.45) is 2.03. The number of nitrogens with one attached hydrogen (secondary N) is 2. The lowest BCUT2D eigenvalue weighted by molar-refractivity contribution is 0.229. The molecule has 8 heteroatoms. The van der Waals surface area contributed by atoms with Gasteiger partial charge in [0.25, 0.3) is 0 Å². The Morgan fingerprint density at radius 1 is 1.32 bits per heavy atom. The van der Waals surface area contributed by atoms with Crippen LogP contribution in [0.1, 0.15) is 69.2 Å². The SMILES string of the molecule is CC(C)c1cc(CNC(=O)N[C@@H](c2nnc3n2CCC3)C(C)C)on1. The van der Waals surface area contributed by atoms with Crippen LogP contribution in [-0.4, -0.2) is 26.0 Å². The molecule has 2 aromatic rings. The van der Waals surface area contributed by atoms with E-state index < -0.39 is 0 Å². The summed E-state index contributed by atoms with van der Waals surface area (Å²) in [4.78, 5) is 12.3. The van der Waals surface area contributed by atoms with Gasteiger partial charge in [0, 0.05) is 19.0 Å². The van der Waals surface area contributed by atoms with Crippen molar-refractivity contribution in [2.24, 2.45) is 5.92 Å². The number of carbonyl (C=O) groups is 1. The van der Waals surface area contributed by atoms with E-state index in [-0.39, 0.29) is 18.0 Å². The van der Waals surface area contributed by atoms with Gasteiger partial charge in [-0.1, -0.05) is 32.9 Å². The number of urea groups is 1. The molecule has 0 saturated carbocycles. The molecule has 0 saturated heterocycles. The van der Waals surface area contributed by atoms with Crippen LogP contribution in [0.5, 0.6) is 0 Å². The van der Waals surface area contributed by atoms with Crippen LogP contribution in [-0.2, 0) is 19.5 Å². The fraction of sp³-hybridized carbons (Fsp3) is 0.647. The highest BCUT2D eigenvalue weighted by Gasteiger charge is 2.27. The number of nitrogens with zero attached hydrogens (tertiary/aromatic N) is 4. The van der Waals surface area contributed by atoms with E-state index in [9.17, 15) is 4.79 Å². The zero-order valence-corrected chi connectivity index (χ0v) is 15.2. The minimum Gasteiger partial charge on any atom is -0.359 e. The van der Waals surface area contributed by atoms with Crippen molar-refractivity contribution in [2.45, 2.75) is 65.6 Å². The van der Waals surface area contributed by atoms with Crippen molar-refractivity contribution in [2.75, 3.05) is 0 Å². The van der Waals surface area contributed by atoms with Gasteiger partial charge in [-0.3, -0.25) is 0 Å². The average molecular weight is 346 g/mol. The van der Waals surface area contributed by atoms with Crippen LogP contribution >= 0.6 is 0 Å². The van der Waals surface area contributed by atoms with Crippen LogP contribution in [0, 0.1) is 5.92 Å². The second kappa shape index (κ2) is 7.25. The van der Waals surface area contributed by atoms with Gasteiger partial charge in [0.2, 0.25) is 0 Å². The molecular formula is C17H26N6O2. The molecule has 0 fully saturated rings. The van der Waals surface area contributed by atoms with Crippen molar-refractivity contribution in [3.05, 3.63) is 29.2 Å². The Bertz CT molecular complexity index is 733. The predicted octanol–water partition coefficient (Wildman–Crippen LogP) is 2.53. The molecule has 0 aliphatic carbocycles. The Hall–Kier alpha value is -2.38. The molecular weight excluding hydrogens is 320 g/mol. The molecule has 2 amide bonds. The topological polar surface area (TPSA) is 97.9 Å². The fourth-order valence-electron chi connectivity index (χ4n) is 2.98. The monoisotopic (exact) mass is 346 g/mol. The molecule has 0 bridgehead atoms. The van der Waals surface area contributed by atoms with Crippen LogP contribution in [0.2, 0.25) is 0 Å². The van der Waals surface area contributed by atoms with Crippen molar-refractivity contribution in [1.82, 2.24) is 30.6 Å². The molecule has 2 aromatic heterocycles. The number of aryl methyl sites for hydroxylation is 1. The van der Waals surface area contributed by atoms with E-state index in [1.807, 2.05) is 19.9 Å². The fourth-order valence-corrected chi connectivity index (χ4v) is 2.98. The van der Waals surface area contributed by atoms with Crippen LogP contribution in [0.25, 0.3) is 0 Å². The summed E-state index contributed by atoms with van der Waals surface area (Å²) in [5.74, 6) is 2.98. The average Bonchev–Trinajstić information content (AvgIpc) is 3.26. The Morgan fingerprint density at radius 3 is 2.80 bits per heavy atom. The van der Waals surface area contributed by atoms with E-state index in [1.165, 1.54) is 0 Å². The van der Waals surface area contributed by atoms with Gasteiger partial charge in [-0.2, -0.15) is 0 Å². The molecule has 136 valence electrons. The van der Waals surface area contributed by atoms with Gasteiger partial charge >= 0.3 is 6.03 Å². The molecule has 1 aliphatic heterocycles. The Kier molecular flexibility index (Phi) is 5.06. The zero-order chi connectivity index (χ0) is 18.0. The molecule has 3 rings (SSSR count). The Labute approximate surface area is 147 Å². The lowest BCUT2D eigenvalue weighted by atomic mass is 10.0. The molecule has 1 atom stereocenters. The third-order valence-electron chi connectivity index (χ3n) is 4.46. The summed E-state index contributed by atoms with van der Waals surface area (Å²) >= 11 is 0. The van der Waals surface area contributed by atoms with Gasteiger partial charge in [0.05, 0.1) is 18.3 Å². The molecule has 0 aromatic carbocycles. The molecule has 8 nitrogen and oxygen atoms in total. The number of fused-ring (bicyclic) bond motifs is 1. The summed E-state index contributed by atoms with van der Waals surface area (Å²) in [5, 5.41) is 18.4. The van der Waals surface area contributed by atoms with Gasteiger partial charge in [-0.05, 0) is 18.3 Å². The minimum atomic E-state index is -0.253. The van der Waals surface area contributed by atoms with Crippen molar-refractivity contribution in [3.63, 3.8) is 0 Å². The normalized spacial score (nSPS) is 14.8. The van der Waals surface area contributed by atoms with Gasteiger partial charge in [0.15, 0.2) is 11.6 Å². The van der Waals surface area contributed by atoms with Gasteiger partial charge in [-0.15, -0.1) is 10.2 Å². The maximum Gasteiger partial charge on any atom is 0.315 e. The van der Waals surface area contributed by atoms with Crippen molar-refractivity contribution < 1.29 is 9.32 Å². The van der Waals surface area contributed by atoms with Crippen LogP contribution in [0.3, 0.4) is 0 Å². The molecule has 3 heterocycles. The van der Waals surface area contributed by atoms with E-state index >= 15 is 0 Å². The van der Waals surface area contributed by atoms with E-state index in [1.54, 1.807) is 0 Å².